The molecule has 0 spiro atoms. The van der Waals surface area contributed by atoms with Crippen LogP contribution < -0.4 is 10.6 Å². The number of benzene rings is 1. The van der Waals surface area contributed by atoms with Crippen molar-refractivity contribution in [3.05, 3.63) is 48.0 Å². The molecule has 0 unspecified atom stereocenters. The molecule has 19 heavy (non-hydrogen) atoms. The van der Waals surface area contributed by atoms with Crippen LogP contribution in [0.15, 0.2) is 36.7 Å². The molecule has 2 aromatic rings. The van der Waals surface area contributed by atoms with Crippen molar-refractivity contribution in [3.8, 4) is 0 Å². The van der Waals surface area contributed by atoms with Crippen molar-refractivity contribution < 1.29 is 9.18 Å². The third-order valence-electron chi connectivity index (χ3n) is 2.69. The van der Waals surface area contributed by atoms with Gasteiger partial charge in [-0.15, -0.1) is 0 Å². The molecule has 0 saturated heterocycles. The van der Waals surface area contributed by atoms with Crippen LogP contribution in [0.5, 0.6) is 0 Å². The van der Waals surface area contributed by atoms with Gasteiger partial charge in [-0.2, -0.15) is 5.10 Å². The average molecular weight is 262 g/mol. The topological polar surface area (TPSA) is 59.0 Å². The van der Waals surface area contributed by atoms with Gasteiger partial charge in [0.1, 0.15) is 5.82 Å². The number of hydrogen-bond donors (Lipinski definition) is 2. The molecule has 1 amide bonds. The van der Waals surface area contributed by atoms with E-state index in [9.17, 15) is 9.18 Å². The molecule has 1 heterocycles. The van der Waals surface area contributed by atoms with Gasteiger partial charge < -0.3 is 10.6 Å². The van der Waals surface area contributed by atoms with Crippen molar-refractivity contribution in [1.82, 2.24) is 15.1 Å². The number of hydrogen-bond acceptors (Lipinski definition) is 3. The van der Waals surface area contributed by atoms with Gasteiger partial charge in [0.05, 0.1) is 17.8 Å². The number of halogens is 1. The van der Waals surface area contributed by atoms with Crippen LogP contribution in [-0.4, -0.2) is 29.3 Å². The minimum Gasteiger partial charge on any atom is -0.385 e. The third-order valence-corrected chi connectivity index (χ3v) is 2.69. The number of aromatic nitrogens is 2. The number of carbonyl (C=O) groups is 1. The molecular weight excluding hydrogens is 247 g/mol. The number of nitrogens with one attached hydrogen (secondary N) is 2. The smallest absolute Gasteiger partial charge is 0.253 e. The number of amides is 1. The van der Waals surface area contributed by atoms with Gasteiger partial charge in [-0.05, 0) is 18.2 Å². The van der Waals surface area contributed by atoms with Gasteiger partial charge in [-0.1, -0.05) is 6.07 Å². The third kappa shape index (κ3) is 3.09. The summed E-state index contributed by atoms with van der Waals surface area (Å²) in [5, 5.41) is 9.45. The zero-order valence-corrected chi connectivity index (χ0v) is 10.6. The number of carbonyl (C=O) groups excluding carboxylic acids is 1. The van der Waals surface area contributed by atoms with Crippen molar-refractivity contribution in [3.63, 3.8) is 0 Å². The van der Waals surface area contributed by atoms with Gasteiger partial charge >= 0.3 is 0 Å². The lowest BCUT2D eigenvalue weighted by molar-refractivity contribution is 0.0952. The lowest BCUT2D eigenvalue weighted by atomic mass is 10.1. The fourth-order valence-electron chi connectivity index (χ4n) is 1.78. The molecule has 2 N–H and O–H groups in total. The molecule has 1 aromatic heterocycles. The standard InChI is InChI=1S/C13H15FN4O/c1-15-12-10(4-2-5-11(12)14)13(19)16-7-9-18-8-3-6-17-18/h2-6,8,15H,7,9H2,1H3,(H,16,19). The highest BCUT2D eigenvalue weighted by Gasteiger charge is 2.13. The Kier molecular flexibility index (Phi) is 4.12. The van der Waals surface area contributed by atoms with E-state index in [4.69, 9.17) is 0 Å². The average Bonchev–Trinajstić information content (AvgIpc) is 2.91. The first-order valence-electron chi connectivity index (χ1n) is 5.94. The Balaban J connectivity index is 1.98. The highest BCUT2D eigenvalue weighted by molar-refractivity contribution is 5.99. The summed E-state index contributed by atoms with van der Waals surface area (Å²) in [5.74, 6) is -0.752. The fourth-order valence-corrected chi connectivity index (χ4v) is 1.78. The Labute approximate surface area is 110 Å². The lowest BCUT2D eigenvalue weighted by Crippen LogP contribution is -2.28. The normalized spacial score (nSPS) is 10.2. The number of rotatable bonds is 5. The Morgan fingerprint density at radius 1 is 1.42 bits per heavy atom. The summed E-state index contributed by atoms with van der Waals surface area (Å²) in [6.45, 7) is 1.00. The molecule has 0 atom stereocenters. The Bertz CT molecular complexity index is 554. The maximum absolute atomic E-state index is 13.5. The maximum Gasteiger partial charge on any atom is 0.253 e. The van der Waals surface area contributed by atoms with Crippen LogP contribution in [-0.2, 0) is 6.54 Å². The Morgan fingerprint density at radius 2 is 2.26 bits per heavy atom. The summed E-state index contributed by atoms with van der Waals surface area (Å²) >= 11 is 0. The van der Waals surface area contributed by atoms with Crippen LogP contribution in [0.3, 0.4) is 0 Å². The largest absolute Gasteiger partial charge is 0.385 e. The number of para-hydroxylation sites is 1. The molecule has 0 bridgehead atoms. The molecule has 1 aromatic carbocycles. The van der Waals surface area contributed by atoms with E-state index in [1.165, 1.54) is 12.1 Å². The van der Waals surface area contributed by atoms with E-state index in [1.807, 2.05) is 12.3 Å². The Morgan fingerprint density at radius 3 is 2.95 bits per heavy atom. The summed E-state index contributed by atoms with van der Waals surface area (Å²) in [4.78, 5) is 12.0. The van der Waals surface area contributed by atoms with Crippen LogP contribution >= 0.6 is 0 Å². The van der Waals surface area contributed by atoms with Crippen LogP contribution in [0.1, 0.15) is 10.4 Å². The monoisotopic (exact) mass is 262 g/mol. The second-order valence-electron chi connectivity index (χ2n) is 3.94. The zero-order valence-electron chi connectivity index (χ0n) is 10.6. The second kappa shape index (κ2) is 5.99. The van der Waals surface area contributed by atoms with E-state index in [0.29, 0.717) is 18.7 Å². The molecule has 0 radical (unpaired) electrons. The second-order valence-corrected chi connectivity index (χ2v) is 3.94. The van der Waals surface area contributed by atoms with E-state index in [2.05, 4.69) is 15.7 Å². The van der Waals surface area contributed by atoms with Gasteiger partial charge in [-0.3, -0.25) is 9.48 Å². The molecule has 5 nitrogen and oxygen atoms in total. The van der Waals surface area contributed by atoms with Gasteiger partial charge in [0.25, 0.3) is 5.91 Å². The van der Waals surface area contributed by atoms with Crippen molar-refractivity contribution in [1.29, 1.82) is 0 Å². The van der Waals surface area contributed by atoms with Crippen LogP contribution in [0, 0.1) is 5.82 Å². The SMILES string of the molecule is CNc1c(F)cccc1C(=O)NCCn1cccn1. The van der Waals surface area contributed by atoms with Crippen molar-refractivity contribution in [2.24, 2.45) is 0 Å². The van der Waals surface area contributed by atoms with Gasteiger partial charge in [0.2, 0.25) is 0 Å². The molecule has 6 heteroatoms. The molecular formula is C13H15FN4O. The van der Waals surface area contributed by atoms with Crippen molar-refractivity contribution >= 4 is 11.6 Å². The quantitative estimate of drug-likeness (QED) is 0.858. The summed E-state index contributed by atoms with van der Waals surface area (Å²) < 4.78 is 15.2. The molecule has 2 rings (SSSR count). The summed E-state index contributed by atoms with van der Waals surface area (Å²) in [7, 11) is 1.58. The zero-order chi connectivity index (χ0) is 13.7. The molecule has 0 saturated carbocycles. The maximum atomic E-state index is 13.5. The highest BCUT2D eigenvalue weighted by atomic mass is 19.1. The first-order chi connectivity index (χ1) is 9.22. The molecule has 0 aliphatic heterocycles. The van der Waals surface area contributed by atoms with Gasteiger partial charge in [0.15, 0.2) is 0 Å². The van der Waals surface area contributed by atoms with Gasteiger partial charge in [0, 0.05) is 26.0 Å². The molecule has 0 aliphatic rings. The minimum absolute atomic E-state index is 0.207. The van der Waals surface area contributed by atoms with E-state index >= 15 is 0 Å². The summed E-state index contributed by atoms with van der Waals surface area (Å²) in [6, 6.07) is 6.22. The van der Waals surface area contributed by atoms with E-state index in [0.717, 1.165) is 0 Å². The van der Waals surface area contributed by atoms with Crippen molar-refractivity contribution in [2.45, 2.75) is 6.54 Å². The predicted octanol–water partition coefficient (Wildman–Crippen LogP) is 1.49. The van der Waals surface area contributed by atoms with Crippen LogP contribution in [0.2, 0.25) is 0 Å². The van der Waals surface area contributed by atoms with Crippen LogP contribution in [0.4, 0.5) is 10.1 Å². The van der Waals surface area contributed by atoms with Crippen LogP contribution in [0.25, 0.3) is 0 Å². The first kappa shape index (κ1) is 13.1. The molecule has 0 fully saturated rings. The Hall–Kier alpha value is -2.37. The van der Waals surface area contributed by atoms with Crippen molar-refractivity contribution in [2.75, 3.05) is 18.9 Å². The minimum atomic E-state index is -0.442. The first-order valence-corrected chi connectivity index (χ1v) is 5.94. The number of nitrogens with zero attached hydrogens (tertiary/aromatic N) is 2. The van der Waals surface area contributed by atoms with E-state index in [-0.39, 0.29) is 11.6 Å². The van der Waals surface area contributed by atoms with E-state index in [1.54, 1.807) is 24.0 Å². The summed E-state index contributed by atoms with van der Waals surface area (Å²) in [5.41, 5.74) is 0.502. The highest BCUT2D eigenvalue weighted by Crippen LogP contribution is 2.18. The predicted molar refractivity (Wildman–Crippen MR) is 70.5 cm³/mol. The molecule has 100 valence electrons. The van der Waals surface area contributed by atoms with Gasteiger partial charge in [-0.25, -0.2) is 4.39 Å². The number of anilines is 1. The molecule has 0 aliphatic carbocycles. The summed E-state index contributed by atoms with van der Waals surface area (Å²) in [6.07, 6.45) is 3.49. The fraction of sp³-hybridized carbons (Fsp3) is 0.231. The lowest BCUT2D eigenvalue weighted by Gasteiger charge is -2.10. The van der Waals surface area contributed by atoms with E-state index < -0.39 is 5.82 Å².